The van der Waals surface area contributed by atoms with Crippen LogP contribution in [0.2, 0.25) is 0 Å². The van der Waals surface area contributed by atoms with Crippen LogP contribution in [0.5, 0.6) is 0 Å². The molecule has 5 nitrogen and oxygen atoms in total. The molecule has 3 rings (SSSR count). The number of fused-ring (bicyclic) bond motifs is 1. The maximum absolute atomic E-state index is 12.1. The van der Waals surface area contributed by atoms with Crippen molar-refractivity contribution in [1.82, 2.24) is 14.9 Å². The van der Waals surface area contributed by atoms with Crippen molar-refractivity contribution in [2.75, 3.05) is 19.3 Å². The van der Waals surface area contributed by atoms with Crippen molar-refractivity contribution >= 4 is 5.69 Å². The molecule has 1 aliphatic rings. The van der Waals surface area contributed by atoms with E-state index in [1.165, 1.54) is 0 Å². The molecule has 0 aliphatic carbocycles. The highest BCUT2D eigenvalue weighted by Gasteiger charge is 2.18. The Labute approximate surface area is 111 Å². The van der Waals surface area contributed by atoms with Gasteiger partial charge in [0.05, 0.1) is 11.3 Å². The van der Waals surface area contributed by atoms with E-state index < -0.39 is 0 Å². The monoisotopic (exact) mass is 256 g/mol. The minimum Gasteiger partial charge on any atom is -0.399 e. The summed E-state index contributed by atoms with van der Waals surface area (Å²) < 4.78 is 0. The van der Waals surface area contributed by atoms with Crippen molar-refractivity contribution in [1.29, 1.82) is 0 Å². The number of hydrogen-bond donors (Lipinski definition) is 2. The first kappa shape index (κ1) is 11.9. The molecule has 0 amide bonds. The molecule has 3 N–H and O–H groups in total. The van der Waals surface area contributed by atoms with E-state index in [4.69, 9.17) is 5.73 Å². The zero-order valence-corrected chi connectivity index (χ0v) is 10.8. The van der Waals surface area contributed by atoms with E-state index in [0.717, 1.165) is 29.8 Å². The third-order valence-electron chi connectivity index (χ3n) is 3.44. The molecule has 0 fully saturated rings. The summed E-state index contributed by atoms with van der Waals surface area (Å²) in [5.74, 6) is 0.619. The van der Waals surface area contributed by atoms with Crippen molar-refractivity contribution in [3.63, 3.8) is 0 Å². The van der Waals surface area contributed by atoms with Crippen LogP contribution in [-0.2, 0) is 13.0 Å². The van der Waals surface area contributed by atoms with E-state index >= 15 is 0 Å². The highest BCUT2D eigenvalue weighted by atomic mass is 16.1. The SMILES string of the molecule is CN1CCc2nc(-c3ccc(N)cc3)[nH]c(=O)c2C1. The second kappa shape index (κ2) is 4.51. The molecule has 0 radical (unpaired) electrons. The van der Waals surface area contributed by atoms with E-state index in [2.05, 4.69) is 14.9 Å². The zero-order valence-electron chi connectivity index (χ0n) is 10.8. The third-order valence-corrected chi connectivity index (χ3v) is 3.44. The van der Waals surface area contributed by atoms with Gasteiger partial charge in [0.15, 0.2) is 0 Å². The van der Waals surface area contributed by atoms with Gasteiger partial charge >= 0.3 is 0 Å². The molecular weight excluding hydrogens is 240 g/mol. The molecule has 0 unspecified atom stereocenters. The number of nitrogen functional groups attached to an aromatic ring is 1. The summed E-state index contributed by atoms with van der Waals surface area (Å²) in [6, 6.07) is 7.36. The van der Waals surface area contributed by atoms with Crippen LogP contribution in [0, 0.1) is 0 Å². The van der Waals surface area contributed by atoms with Crippen LogP contribution >= 0.6 is 0 Å². The number of nitrogens with one attached hydrogen (secondary N) is 1. The number of H-pyrrole nitrogens is 1. The van der Waals surface area contributed by atoms with Crippen molar-refractivity contribution in [2.45, 2.75) is 13.0 Å². The number of nitrogens with zero attached hydrogens (tertiary/aromatic N) is 2. The van der Waals surface area contributed by atoms with Crippen molar-refractivity contribution in [3.8, 4) is 11.4 Å². The summed E-state index contributed by atoms with van der Waals surface area (Å²) in [4.78, 5) is 21.7. The average Bonchev–Trinajstić information content (AvgIpc) is 2.40. The van der Waals surface area contributed by atoms with Crippen LogP contribution in [0.1, 0.15) is 11.3 Å². The van der Waals surface area contributed by atoms with Crippen molar-refractivity contribution in [2.24, 2.45) is 0 Å². The van der Waals surface area contributed by atoms with E-state index in [-0.39, 0.29) is 5.56 Å². The number of aromatic amines is 1. The summed E-state index contributed by atoms with van der Waals surface area (Å²) in [7, 11) is 2.01. The number of rotatable bonds is 1. The lowest BCUT2D eigenvalue weighted by atomic mass is 10.1. The molecule has 1 aromatic carbocycles. The summed E-state index contributed by atoms with van der Waals surface area (Å²) in [5.41, 5.74) is 8.90. The molecule has 1 aliphatic heterocycles. The molecule has 0 spiro atoms. The average molecular weight is 256 g/mol. The fourth-order valence-corrected chi connectivity index (χ4v) is 2.34. The van der Waals surface area contributed by atoms with Crippen molar-refractivity contribution in [3.05, 3.63) is 45.9 Å². The van der Waals surface area contributed by atoms with Crippen LogP contribution < -0.4 is 11.3 Å². The Morgan fingerprint density at radius 3 is 2.79 bits per heavy atom. The molecule has 0 bridgehead atoms. The van der Waals surface area contributed by atoms with Crippen LogP contribution in [0.15, 0.2) is 29.1 Å². The topological polar surface area (TPSA) is 75.0 Å². The number of hydrogen-bond acceptors (Lipinski definition) is 4. The second-order valence-corrected chi connectivity index (χ2v) is 4.95. The van der Waals surface area contributed by atoms with Crippen molar-refractivity contribution < 1.29 is 0 Å². The maximum Gasteiger partial charge on any atom is 0.255 e. The molecule has 98 valence electrons. The number of benzene rings is 1. The number of aromatic nitrogens is 2. The lowest BCUT2D eigenvalue weighted by molar-refractivity contribution is 0.307. The van der Waals surface area contributed by atoms with Gasteiger partial charge in [0, 0.05) is 30.8 Å². The van der Waals surface area contributed by atoms with Gasteiger partial charge in [-0.3, -0.25) is 4.79 Å². The Bertz CT molecular complexity index is 660. The summed E-state index contributed by atoms with van der Waals surface area (Å²) >= 11 is 0. The fraction of sp³-hybridized carbons (Fsp3) is 0.286. The van der Waals surface area contributed by atoms with Gasteiger partial charge in [0.1, 0.15) is 5.82 Å². The molecule has 2 heterocycles. The molecule has 0 saturated carbocycles. The first-order chi connectivity index (χ1) is 9.13. The van der Waals surface area contributed by atoms with Crippen LogP contribution in [0.25, 0.3) is 11.4 Å². The van der Waals surface area contributed by atoms with Gasteiger partial charge in [-0.05, 0) is 31.3 Å². The van der Waals surface area contributed by atoms with Gasteiger partial charge in [-0.25, -0.2) is 4.98 Å². The highest BCUT2D eigenvalue weighted by Crippen LogP contribution is 2.18. The molecule has 0 atom stereocenters. The van der Waals surface area contributed by atoms with Gasteiger partial charge in [0.2, 0.25) is 0 Å². The Hall–Kier alpha value is -2.14. The molecular formula is C14H16N4O. The Kier molecular flexibility index (Phi) is 2.83. The summed E-state index contributed by atoms with van der Waals surface area (Å²) in [6.07, 6.45) is 0.817. The van der Waals surface area contributed by atoms with Gasteiger partial charge in [0.25, 0.3) is 5.56 Å². The van der Waals surface area contributed by atoms with Crippen LogP contribution in [-0.4, -0.2) is 28.5 Å². The Balaban J connectivity index is 2.07. The Morgan fingerprint density at radius 1 is 1.32 bits per heavy atom. The fourth-order valence-electron chi connectivity index (χ4n) is 2.34. The Morgan fingerprint density at radius 2 is 2.05 bits per heavy atom. The van der Waals surface area contributed by atoms with Gasteiger partial charge in [-0.1, -0.05) is 0 Å². The maximum atomic E-state index is 12.1. The summed E-state index contributed by atoms with van der Waals surface area (Å²) in [6.45, 7) is 1.60. The predicted molar refractivity (Wildman–Crippen MR) is 74.7 cm³/mol. The quantitative estimate of drug-likeness (QED) is 0.747. The highest BCUT2D eigenvalue weighted by molar-refractivity contribution is 5.58. The van der Waals surface area contributed by atoms with Gasteiger partial charge < -0.3 is 15.6 Å². The number of nitrogens with two attached hydrogens (primary N) is 1. The standard InChI is InChI=1S/C14H16N4O/c1-18-7-6-12-11(8-18)14(19)17-13(16-12)9-2-4-10(15)5-3-9/h2-5H,6-8,15H2,1H3,(H,16,17,19). The first-order valence-electron chi connectivity index (χ1n) is 6.30. The number of anilines is 1. The zero-order chi connectivity index (χ0) is 13.4. The van der Waals surface area contributed by atoms with E-state index in [1.807, 2.05) is 31.3 Å². The minimum atomic E-state index is -0.0385. The van der Waals surface area contributed by atoms with Crippen LogP contribution in [0.3, 0.4) is 0 Å². The number of likely N-dealkylation sites (N-methyl/N-ethyl adjacent to an activating group) is 1. The smallest absolute Gasteiger partial charge is 0.255 e. The van der Waals surface area contributed by atoms with Gasteiger partial charge in [-0.15, -0.1) is 0 Å². The normalized spacial score (nSPS) is 15.2. The van der Waals surface area contributed by atoms with E-state index in [1.54, 1.807) is 0 Å². The lowest BCUT2D eigenvalue weighted by Gasteiger charge is -2.23. The molecule has 5 heteroatoms. The minimum absolute atomic E-state index is 0.0385. The molecule has 1 aromatic heterocycles. The van der Waals surface area contributed by atoms with E-state index in [9.17, 15) is 4.79 Å². The summed E-state index contributed by atoms with van der Waals surface area (Å²) in [5, 5.41) is 0. The molecule has 0 saturated heterocycles. The van der Waals surface area contributed by atoms with E-state index in [0.29, 0.717) is 18.1 Å². The van der Waals surface area contributed by atoms with Gasteiger partial charge in [-0.2, -0.15) is 0 Å². The second-order valence-electron chi connectivity index (χ2n) is 4.95. The molecule has 19 heavy (non-hydrogen) atoms. The van der Waals surface area contributed by atoms with Crippen LogP contribution in [0.4, 0.5) is 5.69 Å². The molecule has 2 aromatic rings. The predicted octanol–water partition coefficient (Wildman–Crippen LogP) is 1.01. The third kappa shape index (κ3) is 2.24. The largest absolute Gasteiger partial charge is 0.399 e. The lowest BCUT2D eigenvalue weighted by Crippen LogP contribution is -2.33. The first-order valence-corrected chi connectivity index (χ1v) is 6.30.